The number of carbonyl (C=O) groups excluding carboxylic acids is 4. The predicted octanol–water partition coefficient (Wildman–Crippen LogP) is 9.00. The van der Waals surface area contributed by atoms with Crippen molar-refractivity contribution < 1.29 is 28.7 Å². The van der Waals surface area contributed by atoms with Crippen LogP contribution in [0.2, 0.25) is 0 Å². The molecule has 0 bridgehead atoms. The van der Waals surface area contributed by atoms with Crippen LogP contribution in [0.3, 0.4) is 0 Å². The van der Waals surface area contributed by atoms with Crippen molar-refractivity contribution in [2.24, 2.45) is 0 Å². The van der Waals surface area contributed by atoms with Crippen molar-refractivity contribution in [1.82, 2.24) is 30.4 Å². The number of carbonyl (C=O) groups is 4. The van der Waals surface area contributed by atoms with Crippen LogP contribution in [0.5, 0.6) is 0 Å². The topological polar surface area (TPSA) is 143 Å². The van der Waals surface area contributed by atoms with Gasteiger partial charge in [-0.1, -0.05) is 76.9 Å². The summed E-state index contributed by atoms with van der Waals surface area (Å²) in [4.78, 5) is 56.1. The minimum absolute atomic E-state index is 0.0344. The maximum atomic E-state index is 11.3. The lowest BCUT2D eigenvalue weighted by atomic mass is 10.0. The molecule has 0 aliphatic carbocycles. The molecule has 2 saturated heterocycles. The fourth-order valence-electron chi connectivity index (χ4n) is 5.52. The molecule has 14 heteroatoms. The highest BCUT2D eigenvalue weighted by Gasteiger charge is 2.19. The standard InChI is InChI=1S/C20H12N2S2.2C8H14N2O3.2C3H8/c1-2-14(16-6-8-18-20(10-16)24-12-22-18)4-3-13(1)15-5-7-17-19(9-15)23-11-21-17;2*1-13-8(12)9-6-7(11)10-4-2-3-5-10;2*1-3-2/h1-12H;2*2-6H2,1H3,(H,9,12);2*3H2,1-2H3. The molecule has 5 aromatic rings. The number of nitrogens with one attached hydrogen (secondary N) is 2. The lowest BCUT2D eigenvalue weighted by molar-refractivity contribution is -0.129. The first-order valence-electron chi connectivity index (χ1n) is 19.1. The maximum Gasteiger partial charge on any atom is 0.407 e. The summed E-state index contributed by atoms with van der Waals surface area (Å²) in [6.45, 7) is 11.8. The van der Waals surface area contributed by atoms with E-state index in [2.05, 4.69) is 118 Å². The average Bonchev–Trinajstić information content (AvgIpc) is 4.07. The van der Waals surface area contributed by atoms with Crippen LogP contribution in [0, 0.1) is 0 Å². The number of hydrogen-bond acceptors (Lipinski definition) is 10. The van der Waals surface area contributed by atoms with Crippen LogP contribution in [-0.2, 0) is 19.1 Å². The Labute approximate surface area is 338 Å². The summed E-state index contributed by atoms with van der Waals surface area (Å²) >= 11 is 3.36. The first-order chi connectivity index (χ1) is 27.2. The van der Waals surface area contributed by atoms with Crippen molar-refractivity contribution in [2.45, 2.75) is 66.2 Å². The van der Waals surface area contributed by atoms with Crippen molar-refractivity contribution >= 4 is 67.1 Å². The van der Waals surface area contributed by atoms with Gasteiger partial charge in [0.2, 0.25) is 11.8 Å². The molecule has 0 spiro atoms. The summed E-state index contributed by atoms with van der Waals surface area (Å²) in [5.74, 6) is -0.0780. The lowest BCUT2D eigenvalue weighted by Gasteiger charge is -2.14. The molecule has 2 aliphatic heterocycles. The van der Waals surface area contributed by atoms with Crippen LogP contribution in [0.1, 0.15) is 66.2 Å². The highest BCUT2D eigenvalue weighted by atomic mass is 32.1. The van der Waals surface area contributed by atoms with Crippen LogP contribution in [0.25, 0.3) is 42.7 Å². The van der Waals surface area contributed by atoms with Crippen LogP contribution in [0.4, 0.5) is 9.59 Å². The van der Waals surface area contributed by atoms with Gasteiger partial charge in [-0.3, -0.25) is 9.59 Å². The molecule has 2 aliphatic rings. The molecule has 0 unspecified atom stereocenters. The van der Waals surface area contributed by atoms with Crippen molar-refractivity contribution in [1.29, 1.82) is 0 Å². The van der Waals surface area contributed by atoms with Gasteiger partial charge in [-0.2, -0.15) is 0 Å². The summed E-state index contributed by atoms with van der Waals surface area (Å²) in [6.07, 6.45) is 5.61. The number of benzene rings is 3. The summed E-state index contributed by atoms with van der Waals surface area (Å²) in [5.41, 5.74) is 10.9. The van der Waals surface area contributed by atoms with Gasteiger partial charge in [-0.15, -0.1) is 22.7 Å². The summed E-state index contributed by atoms with van der Waals surface area (Å²) in [7, 11) is 2.55. The number of hydrogen-bond donors (Lipinski definition) is 2. The molecule has 12 nitrogen and oxygen atoms in total. The molecule has 4 amide bonds. The Morgan fingerprint density at radius 1 is 0.571 bits per heavy atom. The number of thiazole rings is 2. The Morgan fingerprint density at radius 3 is 1.21 bits per heavy atom. The number of nitrogens with zero attached hydrogens (tertiary/aromatic N) is 4. The summed E-state index contributed by atoms with van der Waals surface area (Å²) in [6, 6.07) is 21.6. The van der Waals surface area contributed by atoms with Gasteiger partial charge in [0, 0.05) is 26.2 Å². The molecule has 2 aromatic heterocycles. The van der Waals surface area contributed by atoms with Gasteiger partial charge in [0.15, 0.2) is 0 Å². The average molecular weight is 805 g/mol. The fraction of sp³-hybridized carbons (Fsp3) is 0.429. The predicted molar refractivity (Wildman–Crippen MR) is 228 cm³/mol. The van der Waals surface area contributed by atoms with E-state index in [1.54, 1.807) is 32.5 Å². The maximum absolute atomic E-state index is 11.3. The zero-order valence-electron chi connectivity index (χ0n) is 33.5. The molecular formula is C42H56N6O6S2. The third-order valence-electron chi connectivity index (χ3n) is 8.27. The second kappa shape index (κ2) is 25.2. The second-order valence-electron chi connectivity index (χ2n) is 12.9. The lowest BCUT2D eigenvalue weighted by Crippen LogP contribution is -2.38. The monoisotopic (exact) mass is 804 g/mol. The van der Waals surface area contributed by atoms with E-state index in [0.717, 1.165) is 62.9 Å². The second-order valence-corrected chi connectivity index (χ2v) is 14.7. The number of methoxy groups -OCH3 is 2. The molecule has 302 valence electrons. The van der Waals surface area contributed by atoms with E-state index in [-0.39, 0.29) is 24.9 Å². The Bertz CT molecular complexity index is 1800. The van der Waals surface area contributed by atoms with Crippen LogP contribution < -0.4 is 10.6 Å². The number of likely N-dealkylation sites (tertiary alicyclic amines) is 2. The smallest absolute Gasteiger partial charge is 0.407 e. The molecule has 56 heavy (non-hydrogen) atoms. The van der Waals surface area contributed by atoms with E-state index in [4.69, 9.17) is 0 Å². The zero-order chi connectivity index (χ0) is 40.7. The Kier molecular flexibility index (Phi) is 20.4. The van der Waals surface area contributed by atoms with Gasteiger partial charge in [-0.05, 0) is 72.2 Å². The molecule has 7 rings (SSSR count). The van der Waals surface area contributed by atoms with Gasteiger partial charge in [0.1, 0.15) is 13.1 Å². The number of fused-ring (bicyclic) bond motifs is 2. The molecular weight excluding hydrogens is 749 g/mol. The SMILES string of the molecule is CCC.CCC.COC(=O)NCC(=O)N1CCCC1.COC(=O)NCC(=O)N1CCCC1.c1nc2ccc(-c3ccc(-c4ccc5ncsc5c4)cc3)cc2s1. The zero-order valence-corrected chi connectivity index (χ0v) is 35.1. The van der Waals surface area contributed by atoms with Crippen molar-refractivity contribution in [3.05, 3.63) is 71.7 Å². The molecule has 3 aromatic carbocycles. The van der Waals surface area contributed by atoms with Gasteiger partial charge >= 0.3 is 12.2 Å². The summed E-state index contributed by atoms with van der Waals surface area (Å²) < 4.78 is 11.1. The first-order valence-corrected chi connectivity index (χ1v) is 20.9. The van der Waals surface area contributed by atoms with Gasteiger partial charge in [0.05, 0.1) is 45.7 Å². The number of alkyl carbamates (subject to hydrolysis) is 2. The van der Waals surface area contributed by atoms with Crippen LogP contribution in [0.15, 0.2) is 71.7 Å². The molecule has 0 saturated carbocycles. The van der Waals surface area contributed by atoms with Gasteiger partial charge in [0.25, 0.3) is 0 Å². The van der Waals surface area contributed by atoms with Crippen LogP contribution >= 0.6 is 22.7 Å². The van der Waals surface area contributed by atoms with Crippen molar-refractivity contribution in [3.63, 3.8) is 0 Å². The molecule has 2 fully saturated rings. The van der Waals surface area contributed by atoms with Crippen LogP contribution in [-0.4, -0.2) is 97.3 Å². The van der Waals surface area contributed by atoms with E-state index in [1.807, 2.05) is 11.0 Å². The Morgan fingerprint density at radius 2 is 0.893 bits per heavy atom. The third-order valence-corrected chi connectivity index (χ3v) is 9.85. The number of aromatic nitrogens is 2. The number of ether oxygens (including phenoxy) is 2. The fourth-order valence-corrected chi connectivity index (χ4v) is 6.95. The molecule has 0 radical (unpaired) electrons. The Balaban J connectivity index is 0.000000225. The van der Waals surface area contributed by atoms with E-state index in [0.29, 0.717) is 0 Å². The van der Waals surface area contributed by atoms with E-state index in [1.165, 1.54) is 58.7 Å². The van der Waals surface area contributed by atoms with Crippen molar-refractivity contribution in [2.75, 3.05) is 53.5 Å². The molecule has 2 N–H and O–H groups in total. The van der Waals surface area contributed by atoms with E-state index in [9.17, 15) is 19.2 Å². The highest BCUT2D eigenvalue weighted by Crippen LogP contribution is 2.30. The molecule has 0 atom stereocenters. The first kappa shape index (κ1) is 45.3. The largest absolute Gasteiger partial charge is 0.453 e. The normalized spacial score (nSPS) is 12.8. The molecule has 4 heterocycles. The highest BCUT2D eigenvalue weighted by molar-refractivity contribution is 7.17. The summed E-state index contributed by atoms with van der Waals surface area (Å²) in [5, 5.41) is 4.71. The van der Waals surface area contributed by atoms with E-state index < -0.39 is 12.2 Å². The quantitative estimate of drug-likeness (QED) is 0.173. The van der Waals surface area contributed by atoms with E-state index >= 15 is 0 Å². The third kappa shape index (κ3) is 14.9. The Hall–Kier alpha value is -5.08. The van der Waals surface area contributed by atoms with Gasteiger partial charge in [-0.25, -0.2) is 19.6 Å². The minimum atomic E-state index is -0.562. The number of amides is 4. The van der Waals surface area contributed by atoms with Crippen molar-refractivity contribution in [3.8, 4) is 22.3 Å². The van der Waals surface area contributed by atoms with Gasteiger partial charge < -0.3 is 29.9 Å². The minimum Gasteiger partial charge on any atom is -0.453 e. The number of rotatable bonds is 6.